The number of amides is 4. The lowest BCUT2D eigenvalue weighted by atomic mass is 9.91. The molecule has 1 heterocycles. The average molecular weight is 461 g/mol. The van der Waals surface area contributed by atoms with Crippen LogP contribution in [0.1, 0.15) is 24.5 Å². The van der Waals surface area contributed by atoms with Crippen molar-refractivity contribution in [3.05, 3.63) is 64.2 Å². The van der Waals surface area contributed by atoms with Gasteiger partial charge in [-0.1, -0.05) is 11.6 Å². The van der Waals surface area contributed by atoms with Crippen LogP contribution in [0, 0.1) is 29.9 Å². The first-order valence-electron chi connectivity index (χ1n) is 9.61. The number of imide groups is 1. The lowest BCUT2D eigenvalue weighted by Crippen LogP contribution is -2.45. The van der Waals surface area contributed by atoms with Crippen LogP contribution in [-0.4, -0.2) is 35.8 Å². The molecule has 0 aromatic heterocycles. The Morgan fingerprint density at radius 1 is 1.25 bits per heavy atom. The minimum Gasteiger partial charge on any atom is -0.319 e. The number of nitriles is 1. The van der Waals surface area contributed by atoms with Crippen molar-refractivity contribution in [1.82, 2.24) is 10.2 Å². The van der Waals surface area contributed by atoms with Gasteiger partial charge in [-0.15, -0.1) is 0 Å². The summed E-state index contributed by atoms with van der Waals surface area (Å²) in [5.74, 6) is -3.18. The SMILES string of the molecule is Cc1cc(N(CCC#N)C(=O)CN2C(=O)NC(C)(c3cc(F)ccc3F)C2=O)ccc1Cl. The maximum absolute atomic E-state index is 14.3. The largest absolute Gasteiger partial charge is 0.325 e. The zero-order valence-electron chi connectivity index (χ0n) is 17.3. The van der Waals surface area contributed by atoms with Crippen LogP contribution in [0.25, 0.3) is 0 Å². The van der Waals surface area contributed by atoms with Crippen molar-refractivity contribution < 1.29 is 23.2 Å². The number of carbonyl (C=O) groups excluding carboxylic acids is 3. The number of halogens is 3. The molecule has 0 spiro atoms. The molecule has 2 aromatic carbocycles. The highest BCUT2D eigenvalue weighted by molar-refractivity contribution is 6.31. The molecular formula is C22H19ClF2N4O3. The van der Waals surface area contributed by atoms with Crippen molar-refractivity contribution in [2.75, 3.05) is 18.0 Å². The number of hydrogen-bond donors (Lipinski definition) is 1. The van der Waals surface area contributed by atoms with E-state index < -0.39 is 41.6 Å². The molecule has 0 radical (unpaired) electrons. The van der Waals surface area contributed by atoms with Gasteiger partial charge in [-0.05, 0) is 55.8 Å². The number of carbonyl (C=O) groups is 3. The molecule has 1 fully saturated rings. The van der Waals surface area contributed by atoms with Gasteiger partial charge in [0.25, 0.3) is 5.91 Å². The number of anilines is 1. The Hall–Kier alpha value is -3.51. The van der Waals surface area contributed by atoms with E-state index >= 15 is 0 Å². The van der Waals surface area contributed by atoms with Crippen LogP contribution < -0.4 is 10.2 Å². The van der Waals surface area contributed by atoms with E-state index in [1.807, 2.05) is 6.07 Å². The zero-order chi connectivity index (χ0) is 23.6. The lowest BCUT2D eigenvalue weighted by Gasteiger charge is -2.25. The molecule has 1 saturated heterocycles. The number of benzene rings is 2. The normalized spacial score (nSPS) is 17.8. The zero-order valence-corrected chi connectivity index (χ0v) is 18.0. The third-order valence-electron chi connectivity index (χ3n) is 5.24. The Bertz CT molecular complexity index is 1150. The van der Waals surface area contributed by atoms with Crippen molar-refractivity contribution in [2.45, 2.75) is 25.8 Å². The Morgan fingerprint density at radius 3 is 2.62 bits per heavy atom. The Labute approximate surface area is 188 Å². The van der Waals surface area contributed by atoms with E-state index in [-0.39, 0.29) is 18.5 Å². The van der Waals surface area contributed by atoms with Crippen LogP contribution in [0.5, 0.6) is 0 Å². The Kier molecular flexibility index (Phi) is 6.46. The molecule has 10 heteroatoms. The first kappa shape index (κ1) is 23.2. The highest BCUT2D eigenvalue weighted by Gasteiger charge is 2.51. The van der Waals surface area contributed by atoms with Crippen LogP contribution in [0.3, 0.4) is 0 Å². The summed E-state index contributed by atoms with van der Waals surface area (Å²) < 4.78 is 28.0. The van der Waals surface area contributed by atoms with Gasteiger partial charge in [0.15, 0.2) is 0 Å². The van der Waals surface area contributed by atoms with Gasteiger partial charge in [0.2, 0.25) is 5.91 Å². The number of urea groups is 1. The summed E-state index contributed by atoms with van der Waals surface area (Å²) in [5, 5.41) is 11.8. The fourth-order valence-corrected chi connectivity index (χ4v) is 3.60. The van der Waals surface area contributed by atoms with Gasteiger partial charge in [-0.2, -0.15) is 5.26 Å². The lowest BCUT2D eigenvalue weighted by molar-refractivity contribution is -0.134. The van der Waals surface area contributed by atoms with Gasteiger partial charge in [-0.3, -0.25) is 14.5 Å². The van der Waals surface area contributed by atoms with Crippen molar-refractivity contribution in [3.8, 4) is 6.07 Å². The minimum atomic E-state index is -1.88. The number of rotatable bonds is 6. The van der Waals surface area contributed by atoms with E-state index in [2.05, 4.69) is 5.32 Å². The van der Waals surface area contributed by atoms with Gasteiger partial charge in [0, 0.05) is 22.8 Å². The first-order valence-corrected chi connectivity index (χ1v) is 9.99. The third-order valence-corrected chi connectivity index (χ3v) is 5.66. The van der Waals surface area contributed by atoms with E-state index in [1.165, 1.54) is 11.8 Å². The molecular weight excluding hydrogens is 442 g/mol. The molecule has 2 aromatic rings. The predicted molar refractivity (Wildman–Crippen MR) is 113 cm³/mol. The molecule has 7 nitrogen and oxygen atoms in total. The minimum absolute atomic E-state index is 0.0137. The molecule has 3 rings (SSSR count). The van der Waals surface area contributed by atoms with Crippen LogP contribution in [-0.2, 0) is 15.1 Å². The van der Waals surface area contributed by atoms with Crippen LogP contribution in [0.4, 0.5) is 19.3 Å². The summed E-state index contributed by atoms with van der Waals surface area (Å²) in [5.41, 5.74) is -1.08. The van der Waals surface area contributed by atoms with E-state index in [4.69, 9.17) is 16.9 Å². The van der Waals surface area contributed by atoms with Crippen LogP contribution in [0.2, 0.25) is 5.02 Å². The van der Waals surface area contributed by atoms with E-state index in [0.29, 0.717) is 21.2 Å². The fraction of sp³-hybridized carbons (Fsp3) is 0.273. The molecule has 0 bridgehead atoms. The van der Waals surface area contributed by atoms with Gasteiger partial charge in [-0.25, -0.2) is 13.6 Å². The average Bonchev–Trinajstić information content (AvgIpc) is 2.96. The number of hydrogen-bond acceptors (Lipinski definition) is 4. The van der Waals surface area contributed by atoms with Crippen LogP contribution >= 0.6 is 11.6 Å². The molecule has 1 unspecified atom stereocenters. The van der Waals surface area contributed by atoms with Gasteiger partial charge in [0.05, 0.1) is 12.5 Å². The number of nitrogens with one attached hydrogen (secondary N) is 1. The maximum Gasteiger partial charge on any atom is 0.325 e. The van der Waals surface area contributed by atoms with E-state index in [0.717, 1.165) is 18.2 Å². The third kappa shape index (κ3) is 4.27. The molecule has 0 aliphatic carbocycles. The van der Waals surface area contributed by atoms with Gasteiger partial charge in [0.1, 0.15) is 23.7 Å². The molecule has 32 heavy (non-hydrogen) atoms. The number of aryl methyl sites for hydroxylation is 1. The molecule has 0 saturated carbocycles. The summed E-state index contributed by atoms with van der Waals surface area (Å²) >= 11 is 6.04. The summed E-state index contributed by atoms with van der Waals surface area (Å²) in [6.07, 6.45) is 0.0137. The topological polar surface area (TPSA) is 93.5 Å². The van der Waals surface area contributed by atoms with Crippen molar-refractivity contribution in [2.24, 2.45) is 0 Å². The molecule has 166 valence electrons. The molecule has 1 N–H and O–H groups in total. The van der Waals surface area contributed by atoms with Crippen LogP contribution in [0.15, 0.2) is 36.4 Å². The van der Waals surface area contributed by atoms with Crippen molar-refractivity contribution >= 4 is 35.1 Å². The Balaban J connectivity index is 1.88. The second-order valence-electron chi connectivity index (χ2n) is 7.46. The summed E-state index contributed by atoms with van der Waals surface area (Å²) in [7, 11) is 0. The summed E-state index contributed by atoms with van der Waals surface area (Å²) in [6, 6.07) is 8.44. The summed E-state index contributed by atoms with van der Waals surface area (Å²) in [6.45, 7) is 2.36. The highest BCUT2D eigenvalue weighted by atomic mass is 35.5. The fourth-order valence-electron chi connectivity index (χ4n) is 3.48. The standard InChI is InChI=1S/C22H19ClF2N4O3/c1-13-10-15(5-6-17(13)23)28(9-3-8-26)19(30)12-29-20(31)22(2,27-21(29)32)16-11-14(24)4-7-18(16)25/h4-7,10-11H,3,9,12H2,1-2H3,(H,27,32). The second-order valence-corrected chi connectivity index (χ2v) is 7.86. The van der Waals surface area contributed by atoms with E-state index in [1.54, 1.807) is 25.1 Å². The monoisotopic (exact) mass is 460 g/mol. The Morgan fingerprint density at radius 2 is 1.97 bits per heavy atom. The maximum atomic E-state index is 14.3. The first-order chi connectivity index (χ1) is 15.1. The quantitative estimate of drug-likeness (QED) is 0.666. The van der Waals surface area contributed by atoms with Crippen molar-refractivity contribution in [1.29, 1.82) is 5.26 Å². The predicted octanol–water partition coefficient (Wildman–Crippen LogP) is 3.64. The molecule has 1 aliphatic rings. The molecule has 1 atom stereocenters. The van der Waals surface area contributed by atoms with Gasteiger partial charge < -0.3 is 10.2 Å². The number of nitrogens with zero attached hydrogens (tertiary/aromatic N) is 3. The van der Waals surface area contributed by atoms with E-state index in [9.17, 15) is 23.2 Å². The second kappa shape index (κ2) is 8.93. The highest BCUT2D eigenvalue weighted by Crippen LogP contribution is 2.31. The summed E-state index contributed by atoms with van der Waals surface area (Å²) in [4.78, 5) is 40.5. The molecule has 4 amide bonds. The molecule has 1 aliphatic heterocycles. The smallest absolute Gasteiger partial charge is 0.319 e. The van der Waals surface area contributed by atoms with Crippen molar-refractivity contribution in [3.63, 3.8) is 0 Å². The van der Waals surface area contributed by atoms with Gasteiger partial charge >= 0.3 is 6.03 Å².